The van der Waals surface area contributed by atoms with Crippen LogP contribution >= 0.6 is 0 Å². The quantitative estimate of drug-likeness (QED) is 0.847. The number of carbonyl (C=O) groups is 1. The lowest BCUT2D eigenvalue weighted by molar-refractivity contribution is 0.0907. The number of hydrogen-bond acceptors (Lipinski definition) is 5. The molecule has 1 amide bonds. The van der Waals surface area contributed by atoms with Crippen LogP contribution in [0.4, 0.5) is 0 Å². The van der Waals surface area contributed by atoms with Crippen molar-refractivity contribution in [2.24, 2.45) is 5.92 Å². The number of aromatic nitrogens is 3. The second-order valence-corrected chi connectivity index (χ2v) is 5.49. The highest BCUT2D eigenvalue weighted by molar-refractivity contribution is 5.93. The zero-order chi connectivity index (χ0) is 15.9. The Hall–Kier alpha value is -2.34. The number of amides is 1. The van der Waals surface area contributed by atoms with Crippen molar-refractivity contribution in [3.05, 3.63) is 42.4 Å². The van der Waals surface area contributed by atoms with Crippen molar-refractivity contribution < 1.29 is 9.90 Å². The molecule has 0 saturated carbocycles. The summed E-state index contributed by atoms with van der Waals surface area (Å²) in [6, 6.07) is 5.21. The van der Waals surface area contributed by atoms with Crippen molar-refractivity contribution in [1.29, 1.82) is 0 Å². The van der Waals surface area contributed by atoms with Crippen molar-refractivity contribution in [2.75, 3.05) is 6.61 Å². The molecule has 2 rings (SSSR count). The first kappa shape index (κ1) is 16.0. The molecule has 0 unspecified atom stereocenters. The minimum atomic E-state index is -0.285. The molecule has 0 bridgehead atoms. The fourth-order valence-electron chi connectivity index (χ4n) is 2.09. The first-order valence-corrected chi connectivity index (χ1v) is 7.25. The van der Waals surface area contributed by atoms with Gasteiger partial charge in [-0.3, -0.25) is 9.78 Å². The molecule has 6 nitrogen and oxygen atoms in total. The van der Waals surface area contributed by atoms with Gasteiger partial charge in [0, 0.05) is 18.6 Å². The van der Waals surface area contributed by atoms with Crippen LogP contribution in [0.1, 0.15) is 30.6 Å². The maximum Gasteiger partial charge on any atom is 0.254 e. The van der Waals surface area contributed by atoms with E-state index in [1.54, 1.807) is 12.3 Å². The Morgan fingerprint density at radius 3 is 2.50 bits per heavy atom. The normalized spacial score (nSPS) is 12.2. The van der Waals surface area contributed by atoms with E-state index in [0.717, 1.165) is 6.42 Å². The summed E-state index contributed by atoms with van der Waals surface area (Å²) < 4.78 is 0. The van der Waals surface area contributed by atoms with Gasteiger partial charge in [-0.05, 0) is 24.5 Å². The second kappa shape index (κ2) is 7.61. The fraction of sp³-hybridized carbons (Fsp3) is 0.375. The number of aliphatic hydroxyl groups excluding tert-OH is 1. The molecule has 2 aromatic heterocycles. The molecule has 0 radical (unpaired) electrons. The van der Waals surface area contributed by atoms with Crippen LogP contribution in [0.2, 0.25) is 0 Å². The molecule has 0 aliphatic carbocycles. The standard InChI is InChI=1S/C16H20N4O2/c1-11(2)7-13(10-21)20-16(22)12-8-18-15(19-9-12)14-5-3-4-6-17-14/h3-6,8-9,11,13,21H,7,10H2,1-2H3,(H,20,22)/t13-/m1/s1. The van der Waals surface area contributed by atoms with E-state index in [1.807, 2.05) is 26.0 Å². The Bertz CT molecular complexity index is 599. The molecule has 0 saturated heterocycles. The van der Waals surface area contributed by atoms with E-state index in [2.05, 4.69) is 20.3 Å². The molecule has 2 N–H and O–H groups in total. The van der Waals surface area contributed by atoms with Gasteiger partial charge in [-0.2, -0.15) is 0 Å². The summed E-state index contributed by atoms with van der Waals surface area (Å²) in [4.78, 5) is 24.6. The summed E-state index contributed by atoms with van der Waals surface area (Å²) in [5.41, 5.74) is 1.02. The van der Waals surface area contributed by atoms with Gasteiger partial charge in [0.25, 0.3) is 5.91 Å². The molecule has 0 fully saturated rings. The number of carbonyl (C=O) groups excluding carboxylic acids is 1. The Morgan fingerprint density at radius 2 is 1.95 bits per heavy atom. The zero-order valence-electron chi connectivity index (χ0n) is 12.7. The number of nitrogens with zero attached hydrogens (tertiary/aromatic N) is 3. The van der Waals surface area contributed by atoms with Crippen molar-refractivity contribution in [3.8, 4) is 11.5 Å². The third-order valence-corrected chi connectivity index (χ3v) is 3.12. The van der Waals surface area contributed by atoms with Crippen LogP contribution in [0.15, 0.2) is 36.8 Å². The van der Waals surface area contributed by atoms with Crippen LogP contribution in [0.5, 0.6) is 0 Å². The molecular weight excluding hydrogens is 280 g/mol. The Labute approximate surface area is 129 Å². The molecule has 0 aliphatic rings. The van der Waals surface area contributed by atoms with Gasteiger partial charge in [0.1, 0.15) is 5.69 Å². The van der Waals surface area contributed by atoms with Gasteiger partial charge < -0.3 is 10.4 Å². The molecule has 116 valence electrons. The fourth-order valence-corrected chi connectivity index (χ4v) is 2.09. The predicted octanol–water partition coefficient (Wildman–Crippen LogP) is 1.68. The highest BCUT2D eigenvalue weighted by Crippen LogP contribution is 2.10. The summed E-state index contributed by atoms with van der Waals surface area (Å²) in [5.74, 6) is 0.575. The summed E-state index contributed by atoms with van der Waals surface area (Å²) in [6.45, 7) is 4.00. The third kappa shape index (κ3) is 4.33. The van der Waals surface area contributed by atoms with E-state index in [4.69, 9.17) is 0 Å². The van der Waals surface area contributed by atoms with Gasteiger partial charge in [0.15, 0.2) is 5.82 Å². The molecule has 1 atom stereocenters. The maximum absolute atomic E-state index is 12.1. The first-order chi connectivity index (χ1) is 10.6. The van der Waals surface area contributed by atoms with E-state index >= 15 is 0 Å². The van der Waals surface area contributed by atoms with Crippen LogP contribution in [0.25, 0.3) is 11.5 Å². The number of pyridine rings is 1. The Morgan fingerprint density at radius 1 is 1.23 bits per heavy atom. The van der Waals surface area contributed by atoms with Gasteiger partial charge in [0.05, 0.1) is 18.2 Å². The molecule has 2 heterocycles. The summed E-state index contributed by atoms with van der Waals surface area (Å²) in [5, 5.41) is 12.1. The highest BCUT2D eigenvalue weighted by Gasteiger charge is 2.15. The topological polar surface area (TPSA) is 88.0 Å². The minimum Gasteiger partial charge on any atom is -0.394 e. The van der Waals surface area contributed by atoms with Gasteiger partial charge >= 0.3 is 0 Å². The third-order valence-electron chi connectivity index (χ3n) is 3.12. The molecular formula is C16H20N4O2. The number of aliphatic hydroxyl groups is 1. The van der Waals surface area contributed by atoms with Crippen molar-refractivity contribution in [1.82, 2.24) is 20.3 Å². The van der Waals surface area contributed by atoms with Crippen LogP contribution in [-0.4, -0.2) is 38.6 Å². The van der Waals surface area contributed by atoms with E-state index in [9.17, 15) is 9.90 Å². The van der Waals surface area contributed by atoms with E-state index < -0.39 is 0 Å². The van der Waals surface area contributed by atoms with Gasteiger partial charge in [-0.1, -0.05) is 19.9 Å². The number of nitrogens with one attached hydrogen (secondary N) is 1. The summed E-state index contributed by atoms with van der Waals surface area (Å²) in [7, 11) is 0. The van der Waals surface area contributed by atoms with Crippen LogP contribution in [0.3, 0.4) is 0 Å². The van der Waals surface area contributed by atoms with Crippen LogP contribution < -0.4 is 5.32 Å². The van der Waals surface area contributed by atoms with E-state index in [0.29, 0.717) is 23.0 Å². The minimum absolute atomic E-state index is 0.0865. The van der Waals surface area contributed by atoms with Gasteiger partial charge in [-0.25, -0.2) is 9.97 Å². The van der Waals surface area contributed by atoms with Crippen LogP contribution in [0, 0.1) is 5.92 Å². The first-order valence-electron chi connectivity index (χ1n) is 7.25. The zero-order valence-corrected chi connectivity index (χ0v) is 12.7. The average molecular weight is 300 g/mol. The molecule has 0 aromatic carbocycles. The molecule has 2 aromatic rings. The molecule has 0 spiro atoms. The van der Waals surface area contributed by atoms with Gasteiger partial charge in [-0.15, -0.1) is 0 Å². The Kier molecular flexibility index (Phi) is 5.55. The number of hydrogen-bond donors (Lipinski definition) is 2. The number of rotatable bonds is 6. The van der Waals surface area contributed by atoms with Crippen molar-refractivity contribution in [2.45, 2.75) is 26.3 Å². The van der Waals surface area contributed by atoms with Crippen molar-refractivity contribution in [3.63, 3.8) is 0 Å². The predicted molar refractivity (Wildman–Crippen MR) is 83.1 cm³/mol. The summed E-state index contributed by atoms with van der Waals surface area (Å²) >= 11 is 0. The Balaban J connectivity index is 2.05. The van der Waals surface area contributed by atoms with E-state index in [1.165, 1.54) is 12.4 Å². The highest BCUT2D eigenvalue weighted by atomic mass is 16.3. The van der Waals surface area contributed by atoms with Crippen LogP contribution in [-0.2, 0) is 0 Å². The largest absolute Gasteiger partial charge is 0.394 e. The van der Waals surface area contributed by atoms with Gasteiger partial charge in [0.2, 0.25) is 0 Å². The molecule has 6 heteroatoms. The molecule has 0 aliphatic heterocycles. The smallest absolute Gasteiger partial charge is 0.254 e. The average Bonchev–Trinajstić information content (AvgIpc) is 2.54. The lowest BCUT2D eigenvalue weighted by Crippen LogP contribution is -2.38. The summed E-state index contributed by atoms with van der Waals surface area (Å²) in [6.07, 6.45) is 5.32. The molecule has 22 heavy (non-hydrogen) atoms. The van der Waals surface area contributed by atoms with E-state index in [-0.39, 0.29) is 18.6 Å². The lowest BCUT2D eigenvalue weighted by atomic mass is 10.0. The lowest BCUT2D eigenvalue weighted by Gasteiger charge is -2.18. The monoisotopic (exact) mass is 300 g/mol. The maximum atomic E-state index is 12.1. The second-order valence-electron chi connectivity index (χ2n) is 5.49. The van der Waals surface area contributed by atoms with Crippen molar-refractivity contribution >= 4 is 5.91 Å². The SMILES string of the molecule is CC(C)C[C@H](CO)NC(=O)c1cnc(-c2ccccn2)nc1.